The van der Waals surface area contributed by atoms with Gasteiger partial charge in [0.25, 0.3) is 0 Å². The van der Waals surface area contributed by atoms with Gasteiger partial charge in [-0.2, -0.15) is 24.9 Å². The van der Waals surface area contributed by atoms with Gasteiger partial charge >= 0.3 is 6.18 Å². The molecular formula is C14H15F3S3. The van der Waals surface area contributed by atoms with Crippen LogP contribution in [0, 0.1) is 0 Å². The largest absolute Gasteiger partial charge is 0.416 e. The van der Waals surface area contributed by atoms with Crippen molar-refractivity contribution < 1.29 is 13.2 Å². The van der Waals surface area contributed by atoms with Gasteiger partial charge in [0, 0.05) is 17.3 Å². The SMILES string of the molecule is C=CCSS/C=C\CSCc1ccc(C(F)(F)F)cc1. The Balaban J connectivity index is 2.24. The molecule has 0 saturated heterocycles. The number of benzene rings is 1. The zero-order valence-electron chi connectivity index (χ0n) is 10.7. The van der Waals surface area contributed by atoms with Gasteiger partial charge < -0.3 is 0 Å². The molecule has 0 N–H and O–H groups in total. The first-order valence-corrected chi connectivity index (χ1v) is 9.36. The highest BCUT2D eigenvalue weighted by molar-refractivity contribution is 8.77. The Labute approximate surface area is 129 Å². The van der Waals surface area contributed by atoms with Crippen LogP contribution in [-0.4, -0.2) is 11.5 Å². The maximum Gasteiger partial charge on any atom is 0.416 e. The molecular weight excluding hydrogens is 321 g/mol. The minimum Gasteiger partial charge on any atom is -0.166 e. The Bertz CT molecular complexity index is 424. The fraction of sp³-hybridized carbons (Fsp3) is 0.286. The zero-order valence-corrected chi connectivity index (χ0v) is 13.2. The molecule has 0 atom stereocenters. The molecule has 0 unspecified atom stereocenters. The van der Waals surface area contributed by atoms with Crippen LogP contribution < -0.4 is 0 Å². The highest BCUT2D eigenvalue weighted by Gasteiger charge is 2.29. The van der Waals surface area contributed by atoms with E-state index < -0.39 is 11.7 Å². The van der Waals surface area contributed by atoms with Crippen LogP contribution in [0.2, 0.25) is 0 Å². The maximum absolute atomic E-state index is 12.4. The van der Waals surface area contributed by atoms with Crippen molar-refractivity contribution in [3.8, 4) is 0 Å². The maximum atomic E-state index is 12.4. The van der Waals surface area contributed by atoms with E-state index >= 15 is 0 Å². The summed E-state index contributed by atoms with van der Waals surface area (Å²) in [6, 6.07) is 5.34. The minimum absolute atomic E-state index is 0.596. The van der Waals surface area contributed by atoms with E-state index in [2.05, 4.69) is 12.7 Å². The Morgan fingerprint density at radius 3 is 2.40 bits per heavy atom. The molecule has 0 heterocycles. The molecule has 0 saturated carbocycles. The molecule has 110 valence electrons. The molecule has 1 aromatic rings. The second-order valence-electron chi connectivity index (χ2n) is 3.75. The van der Waals surface area contributed by atoms with Crippen LogP contribution in [0.1, 0.15) is 11.1 Å². The Morgan fingerprint density at radius 1 is 1.10 bits per heavy atom. The van der Waals surface area contributed by atoms with E-state index in [9.17, 15) is 13.2 Å². The lowest BCUT2D eigenvalue weighted by Crippen LogP contribution is -2.04. The number of hydrogen-bond acceptors (Lipinski definition) is 3. The molecule has 0 fully saturated rings. The first kappa shape index (κ1) is 17.6. The van der Waals surface area contributed by atoms with Crippen molar-refractivity contribution in [1.82, 2.24) is 0 Å². The van der Waals surface area contributed by atoms with Crippen LogP contribution in [0.5, 0.6) is 0 Å². The highest BCUT2D eigenvalue weighted by atomic mass is 33.1. The first-order valence-electron chi connectivity index (χ1n) is 5.82. The predicted molar refractivity (Wildman–Crippen MR) is 87.0 cm³/mol. The van der Waals surface area contributed by atoms with Crippen LogP contribution >= 0.6 is 33.3 Å². The lowest BCUT2D eigenvalue weighted by atomic mass is 10.1. The normalized spacial score (nSPS) is 11.9. The molecule has 6 heteroatoms. The molecule has 0 aliphatic rings. The average molecular weight is 336 g/mol. The van der Waals surface area contributed by atoms with Gasteiger partial charge in [0.05, 0.1) is 5.56 Å². The highest BCUT2D eigenvalue weighted by Crippen LogP contribution is 2.29. The molecule has 0 aromatic heterocycles. The molecule has 0 nitrogen and oxygen atoms in total. The van der Waals surface area contributed by atoms with E-state index in [1.54, 1.807) is 33.3 Å². The minimum atomic E-state index is -4.26. The zero-order chi connectivity index (χ0) is 14.8. The van der Waals surface area contributed by atoms with Crippen molar-refractivity contribution in [1.29, 1.82) is 0 Å². The topological polar surface area (TPSA) is 0 Å². The Morgan fingerprint density at radius 2 is 1.80 bits per heavy atom. The number of alkyl halides is 3. The molecule has 0 amide bonds. The third-order valence-electron chi connectivity index (χ3n) is 2.17. The van der Waals surface area contributed by atoms with Gasteiger partial charge in [-0.25, -0.2) is 0 Å². The third-order valence-corrected chi connectivity index (χ3v) is 5.10. The van der Waals surface area contributed by atoms with Crippen LogP contribution in [0.3, 0.4) is 0 Å². The van der Waals surface area contributed by atoms with Crippen molar-refractivity contribution >= 4 is 33.3 Å². The Kier molecular flexibility index (Phi) is 8.33. The second kappa shape index (κ2) is 9.47. The number of thioether (sulfide) groups is 1. The number of halogens is 3. The number of hydrogen-bond donors (Lipinski definition) is 0. The molecule has 0 bridgehead atoms. The fourth-order valence-electron chi connectivity index (χ4n) is 1.24. The summed E-state index contributed by atoms with van der Waals surface area (Å²) < 4.78 is 37.1. The smallest absolute Gasteiger partial charge is 0.166 e. The van der Waals surface area contributed by atoms with Crippen molar-refractivity contribution in [3.63, 3.8) is 0 Å². The van der Waals surface area contributed by atoms with Gasteiger partial charge in [-0.05, 0) is 23.1 Å². The van der Waals surface area contributed by atoms with Crippen LogP contribution in [0.25, 0.3) is 0 Å². The van der Waals surface area contributed by atoms with E-state index in [1.807, 2.05) is 11.5 Å². The van der Waals surface area contributed by atoms with E-state index in [1.165, 1.54) is 12.1 Å². The fourth-order valence-corrected chi connectivity index (χ4v) is 3.56. The van der Waals surface area contributed by atoms with Gasteiger partial charge in [-0.15, -0.1) is 6.58 Å². The lowest BCUT2D eigenvalue weighted by Gasteiger charge is -2.07. The van der Waals surface area contributed by atoms with E-state index in [4.69, 9.17) is 0 Å². The van der Waals surface area contributed by atoms with Crippen molar-refractivity contribution in [3.05, 3.63) is 59.5 Å². The average Bonchev–Trinajstić information content (AvgIpc) is 2.41. The quantitative estimate of drug-likeness (QED) is 0.324. The summed E-state index contributed by atoms with van der Waals surface area (Å²) in [6.45, 7) is 3.63. The standard InChI is InChI=1S/C14H15F3S3/c1-2-8-19-20-10-3-9-18-11-12-4-6-13(7-5-12)14(15,16)17/h2-7,10H,1,8-9,11H2/b10-3-. The van der Waals surface area contributed by atoms with E-state index in [-0.39, 0.29) is 0 Å². The lowest BCUT2D eigenvalue weighted by molar-refractivity contribution is -0.137. The summed E-state index contributed by atoms with van der Waals surface area (Å²) in [4.78, 5) is 0. The molecule has 0 radical (unpaired) electrons. The van der Waals surface area contributed by atoms with Crippen LogP contribution in [0.15, 0.2) is 48.4 Å². The molecule has 20 heavy (non-hydrogen) atoms. The van der Waals surface area contributed by atoms with Gasteiger partial charge in [0.2, 0.25) is 0 Å². The van der Waals surface area contributed by atoms with E-state index in [0.717, 1.165) is 29.2 Å². The summed E-state index contributed by atoms with van der Waals surface area (Å²) in [5.41, 5.74) is 0.312. The van der Waals surface area contributed by atoms with Gasteiger partial charge in [0.15, 0.2) is 0 Å². The monoisotopic (exact) mass is 336 g/mol. The van der Waals surface area contributed by atoms with Gasteiger partial charge in [-0.3, -0.25) is 0 Å². The van der Waals surface area contributed by atoms with E-state index in [0.29, 0.717) is 5.75 Å². The molecule has 0 aliphatic heterocycles. The summed E-state index contributed by atoms with van der Waals surface area (Å²) in [7, 11) is 3.36. The van der Waals surface area contributed by atoms with Crippen molar-refractivity contribution in [2.75, 3.05) is 11.5 Å². The second-order valence-corrected chi connectivity index (χ2v) is 7.10. The molecule has 0 spiro atoms. The van der Waals surface area contributed by atoms with Crippen LogP contribution in [-0.2, 0) is 11.9 Å². The summed E-state index contributed by atoms with van der Waals surface area (Å²) in [6.07, 6.45) is -0.352. The van der Waals surface area contributed by atoms with Gasteiger partial charge in [0.1, 0.15) is 0 Å². The predicted octanol–water partition coefficient (Wildman–Crippen LogP) is 6.02. The summed E-state index contributed by atoms with van der Waals surface area (Å²) in [5.74, 6) is 2.48. The molecule has 0 aliphatic carbocycles. The third kappa shape index (κ3) is 7.36. The number of rotatable bonds is 8. The summed E-state index contributed by atoms with van der Waals surface area (Å²) >= 11 is 1.67. The summed E-state index contributed by atoms with van der Waals surface area (Å²) in [5, 5.41) is 2.02. The molecule has 1 aromatic carbocycles. The van der Waals surface area contributed by atoms with Gasteiger partial charge in [-0.1, -0.05) is 45.9 Å². The molecule has 1 rings (SSSR count). The van der Waals surface area contributed by atoms with Crippen molar-refractivity contribution in [2.24, 2.45) is 0 Å². The van der Waals surface area contributed by atoms with Crippen LogP contribution in [0.4, 0.5) is 13.2 Å². The van der Waals surface area contributed by atoms with Crippen molar-refractivity contribution in [2.45, 2.75) is 11.9 Å². The first-order chi connectivity index (χ1) is 9.54. The Hall–Kier alpha value is -0.460.